The number of hydrogen-bond donors (Lipinski definition) is 1. The molecule has 0 spiro atoms. The zero-order valence-corrected chi connectivity index (χ0v) is 15.2. The molecule has 0 aromatic heterocycles. The summed E-state index contributed by atoms with van der Waals surface area (Å²) in [5.41, 5.74) is 0.536. The van der Waals surface area contributed by atoms with Crippen LogP contribution >= 0.6 is 0 Å². The summed E-state index contributed by atoms with van der Waals surface area (Å²) in [7, 11) is -1.81. The predicted molar refractivity (Wildman–Crippen MR) is 92.3 cm³/mol. The van der Waals surface area contributed by atoms with Gasteiger partial charge in [0.25, 0.3) is 5.91 Å². The molecular formula is C16H26N2O4S. The van der Waals surface area contributed by atoms with Crippen molar-refractivity contribution in [2.24, 2.45) is 0 Å². The normalized spacial score (nSPS) is 12.8. The van der Waals surface area contributed by atoms with Crippen molar-refractivity contribution >= 4 is 21.6 Å². The fraction of sp³-hybridized carbons (Fsp3) is 0.562. The molecule has 0 aliphatic rings. The van der Waals surface area contributed by atoms with Crippen LogP contribution in [0.1, 0.15) is 33.6 Å². The van der Waals surface area contributed by atoms with Gasteiger partial charge in [0.15, 0.2) is 6.10 Å². The highest BCUT2D eigenvalue weighted by Crippen LogP contribution is 2.21. The Balaban J connectivity index is 2.69. The van der Waals surface area contributed by atoms with Gasteiger partial charge in [0.1, 0.15) is 5.75 Å². The topological polar surface area (TPSA) is 75.7 Å². The van der Waals surface area contributed by atoms with E-state index in [1.54, 1.807) is 31.2 Å². The van der Waals surface area contributed by atoms with Gasteiger partial charge in [-0.05, 0) is 44.0 Å². The van der Waals surface area contributed by atoms with E-state index >= 15 is 0 Å². The smallest absolute Gasteiger partial charge is 0.260 e. The Labute approximate surface area is 138 Å². The standard InChI is InChI=1S/C16H26N2O4S/c1-6-13(7-2)17-16(19)12(3)22-15-10-8-14(9-11-15)18(4)23(5,20)21/h8-13H,6-7H2,1-5H3,(H,17,19)/t12-/m0/s1. The molecule has 23 heavy (non-hydrogen) atoms. The van der Waals surface area contributed by atoms with Gasteiger partial charge in [-0.3, -0.25) is 9.10 Å². The van der Waals surface area contributed by atoms with Crippen LogP contribution in [-0.2, 0) is 14.8 Å². The van der Waals surface area contributed by atoms with E-state index in [-0.39, 0.29) is 11.9 Å². The summed E-state index contributed by atoms with van der Waals surface area (Å²) in [5, 5.41) is 2.93. The highest BCUT2D eigenvalue weighted by atomic mass is 32.2. The second-order valence-electron chi connectivity index (χ2n) is 5.51. The number of ether oxygens (including phenoxy) is 1. The molecule has 0 aliphatic heterocycles. The second kappa shape index (κ2) is 8.19. The van der Waals surface area contributed by atoms with Gasteiger partial charge in [-0.25, -0.2) is 8.42 Å². The quantitative estimate of drug-likeness (QED) is 0.785. The van der Waals surface area contributed by atoms with Gasteiger partial charge in [0.05, 0.1) is 11.9 Å². The van der Waals surface area contributed by atoms with Crippen molar-refractivity contribution in [2.45, 2.75) is 45.8 Å². The van der Waals surface area contributed by atoms with Crippen LogP contribution in [0, 0.1) is 0 Å². The van der Waals surface area contributed by atoms with Gasteiger partial charge in [-0.1, -0.05) is 13.8 Å². The fourth-order valence-corrected chi connectivity index (χ4v) is 2.50. The summed E-state index contributed by atoms with van der Waals surface area (Å²) in [4.78, 5) is 12.1. The van der Waals surface area contributed by atoms with E-state index in [4.69, 9.17) is 4.74 Å². The van der Waals surface area contributed by atoms with Gasteiger partial charge >= 0.3 is 0 Å². The van der Waals surface area contributed by atoms with Crippen LogP contribution < -0.4 is 14.4 Å². The monoisotopic (exact) mass is 342 g/mol. The number of nitrogens with one attached hydrogen (secondary N) is 1. The number of carbonyl (C=O) groups is 1. The molecule has 0 fully saturated rings. The van der Waals surface area contributed by atoms with Crippen LogP contribution in [0.15, 0.2) is 24.3 Å². The zero-order valence-electron chi connectivity index (χ0n) is 14.4. The molecule has 6 nitrogen and oxygen atoms in total. The first-order valence-electron chi connectivity index (χ1n) is 7.70. The van der Waals surface area contributed by atoms with Crippen LogP contribution in [-0.4, -0.2) is 39.8 Å². The highest BCUT2D eigenvalue weighted by molar-refractivity contribution is 7.92. The van der Waals surface area contributed by atoms with E-state index in [0.717, 1.165) is 19.1 Å². The molecule has 0 heterocycles. The molecule has 1 N–H and O–H groups in total. The van der Waals surface area contributed by atoms with Gasteiger partial charge in [-0.2, -0.15) is 0 Å². The number of amides is 1. The number of benzene rings is 1. The van der Waals surface area contributed by atoms with Crippen molar-refractivity contribution < 1.29 is 17.9 Å². The van der Waals surface area contributed by atoms with E-state index in [1.807, 2.05) is 13.8 Å². The van der Waals surface area contributed by atoms with Crippen LogP contribution in [0.2, 0.25) is 0 Å². The first kappa shape index (κ1) is 19.3. The molecule has 0 radical (unpaired) electrons. The van der Waals surface area contributed by atoms with Crippen molar-refractivity contribution in [2.75, 3.05) is 17.6 Å². The maximum Gasteiger partial charge on any atom is 0.260 e. The highest BCUT2D eigenvalue weighted by Gasteiger charge is 2.18. The Bertz CT molecular complexity index is 609. The molecule has 1 aromatic rings. The zero-order chi connectivity index (χ0) is 17.6. The minimum atomic E-state index is -3.30. The molecule has 130 valence electrons. The van der Waals surface area contributed by atoms with Crippen molar-refractivity contribution in [1.29, 1.82) is 0 Å². The largest absolute Gasteiger partial charge is 0.481 e. The van der Waals surface area contributed by atoms with Crippen LogP contribution in [0.5, 0.6) is 5.75 Å². The summed E-state index contributed by atoms with van der Waals surface area (Å²) in [6, 6.07) is 6.74. The number of nitrogens with zero attached hydrogens (tertiary/aromatic N) is 1. The number of anilines is 1. The van der Waals surface area contributed by atoms with Crippen molar-refractivity contribution in [3.05, 3.63) is 24.3 Å². The van der Waals surface area contributed by atoms with Crippen LogP contribution in [0.3, 0.4) is 0 Å². The van der Waals surface area contributed by atoms with Crippen molar-refractivity contribution in [1.82, 2.24) is 5.32 Å². The van der Waals surface area contributed by atoms with E-state index in [9.17, 15) is 13.2 Å². The molecule has 7 heteroatoms. The van der Waals surface area contributed by atoms with Gasteiger partial charge in [0.2, 0.25) is 10.0 Å². The lowest BCUT2D eigenvalue weighted by molar-refractivity contribution is -0.128. The summed E-state index contributed by atoms with van der Waals surface area (Å²) >= 11 is 0. The molecule has 0 saturated carbocycles. The molecule has 0 bridgehead atoms. The van der Waals surface area contributed by atoms with Gasteiger partial charge in [0, 0.05) is 13.1 Å². The molecule has 1 amide bonds. The molecule has 0 aliphatic carbocycles. The third kappa shape index (κ3) is 5.74. The maximum atomic E-state index is 12.1. The Hall–Kier alpha value is -1.76. The molecule has 1 atom stereocenters. The van der Waals surface area contributed by atoms with Crippen LogP contribution in [0.4, 0.5) is 5.69 Å². The van der Waals surface area contributed by atoms with E-state index in [2.05, 4.69) is 5.32 Å². The third-order valence-electron chi connectivity index (χ3n) is 3.71. The molecule has 1 rings (SSSR count). The van der Waals surface area contributed by atoms with E-state index < -0.39 is 16.1 Å². The molecule has 0 saturated heterocycles. The average molecular weight is 342 g/mol. The Morgan fingerprint density at radius 2 is 1.74 bits per heavy atom. The van der Waals surface area contributed by atoms with Crippen LogP contribution in [0.25, 0.3) is 0 Å². The number of hydrogen-bond acceptors (Lipinski definition) is 4. The van der Waals surface area contributed by atoms with E-state index in [1.165, 1.54) is 11.4 Å². The summed E-state index contributed by atoms with van der Waals surface area (Å²) in [6.45, 7) is 5.74. The molecule has 0 unspecified atom stereocenters. The second-order valence-corrected chi connectivity index (χ2v) is 7.52. The number of sulfonamides is 1. The first-order chi connectivity index (χ1) is 10.7. The Kier molecular flexibility index (Phi) is 6.87. The van der Waals surface area contributed by atoms with Crippen molar-refractivity contribution in [3.63, 3.8) is 0 Å². The number of carbonyl (C=O) groups excluding carboxylic acids is 1. The lowest BCUT2D eigenvalue weighted by atomic mass is 10.1. The van der Waals surface area contributed by atoms with Gasteiger partial charge in [-0.15, -0.1) is 0 Å². The summed E-state index contributed by atoms with van der Waals surface area (Å²) in [5.74, 6) is 0.360. The number of rotatable bonds is 8. The SMILES string of the molecule is CCC(CC)NC(=O)[C@H](C)Oc1ccc(N(C)S(C)(=O)=O)cc1. The summed E-state index contributed by atoms with van der Waals surface area (Å²) < 4.78 is 29.8. The minimum Gasteiger partial charge on any atom is -0.481 e. The van der Waals surface area contributed by atoms with Gasteiger partial charge < -0.3 is 10.1 Å². The van der Waals surface area contributed by atoms with Crippen molar-refractivity contribution in [3.8, 4) is 5.75 Å². The minimum absolute atomic E-state index is 0.152. The third-order valence-corrected chi connectivity index (χ3v) is 4.92. The predicted octanol–water partition coefficient (Wildman–Crippen LogP) is 2.15. The fourth-order valence-electron chi connectivity index (χ4n) is 2.00. The van der Waals surface area contributed by atoms with E-state index in [0.29, 0.717) is 11.4 Å². The first-order valence-corrected chi connectivity index (χ1v) is 9.54. The maximum absolute atomic E-state index is 12.1. The Morgan fingerprint density at radius 1 is 1.22 bits per heavy atom. The lowest BCUT2D eigenvalue weighted by Crippen LogP contribution is -2.42. The molecule has 1 aromatic carbocycles. The molecular weight excluding hydrogens is 316 g/mol. The lowest BCUT2D eigenvalue weighted by Gasteiger charge is -2.20. The Morgan fingerprint density at radius 3 is 2.17 bits per heavy atom. The summed E-state index contributed by atoms with van der Waals surface area (Å²) in [6.07, 6.45) is 2.28. The average Bonchev–Trinajstić information content (AvgIpc) is 2.51.